The lowest BCUT2D eigenvalue weighted by Crippen LogP contribution is -2.12. The first-order chi connectivity index (χ1) is 11.2. The van der Waals surface area contributed by atoms with Gasteiger partial charge in [-0.05, 0) is 24.3 Å². The van der Waals surface area contributed by atoms with Crippen molar-refractivity contribution in [3.8, 4) is 23.1 Å². The van der Waals surface area contributed by atoms with Crippen LogP contribution in [0.15, 0.2) is 59.8 Å². The van der Waals surface area contributed by atoms with Crippen LogP contribution < -0.4 is 4.74 Å². The Hall–Kier alpha value is -2.84. The number of nitrogens with zero attached hydrogens (tertiary/aromatic N) is 3. The number of rotatable bonds is 3. The maximum atomic E-state index is 9.58. The lowest BCUT2D eigenvalue weighted by atomic mass is 10.1. The van der Waals surface area contributed by atoms with Crippen molar-refractivity contribution in [1.29, 1.82) is 5.26 Å². The minimum atomic E-state index is 0.569. The molecule has 2 heterocycles. The highest BCUT2D eigenvalue weighted by Gasteiger charge is 2.16. The number of hydrogen-bond donors (Lipinski definition) is 0. The van der Waals surface area contributed by atoms with Gasteiger partial charge in [-0.3, -0.25) is 0 Å². The van der Waals surface area contributed by atoms with Crippen LogP contribution in [0.1, 0.15) is 5.01 Å². The number of hydrogen-bond acceptors (Lipinski definition) is 5. The third-order valence-electron chi connectivity index (χ3n) is 3.52. The van der Waals surface area contributed by atoms with Crippen molar-refractivity contribution >= 4 is 16.9 Å². The fourth-order valence-electron chi connectivity index (χ4n) is 2.37. The summed E-state index contributed by atoms with van der Waals surface area (Å²) in [5.74, 6) is 0.771. The molecule has 23 heavy (non-hydrogen) atoms. The van der Waals surface area contributed by atoms with Crippen LogP contribution in [0.3, 0.4) is 0 Å². The Morgan fingerprint density at radius 3 is 2.87 bits per heavy atom. The number of allylic oxidation sites excluding steroid dienone is 4. The maximum absolute atomic E-state index is 9.58. The van der Waals surface area contributed by atoms with E-state index in [0.29, 0.717) is 10.6 Å². The van der Waals surface area contributed by atoms with Gasteiger partial charge in [0.25, 0.3) is 0 Å². The average molecular weight is 321 g/mol. The van der Waals surface area contributed by atoms with E-state index in [1.54, 1.807) is 7.11 Å². The highest BCUT2D eigenvalue weighted by molar-refractivity contribution is 7.11. The summed E-state index contributed by atoms with van der Waals surface area (Å²) in [6.07, 6.45) is 7.69. The van der Waals surface area contributed by atoms with Crippen molar-refractivity contribution in [2.24, 2.45) is 0 Å². The van der Waals surface area contributed by atoms with Crippen molar-refractivity contribution in [1.82, 2.24) is 9.88 Å². The molecular formula is C18H15N3OS. The van der Waals surface area contributed by atoms with Gasteiger partial charge in [-0.1, -0.05) is 18.2 Å². The Bertz CT molecular complexity index is 855. The fourth-order valence-corrected chi connectivity index (χ4v) is 3.19. The Morgan fingerprint density at radius 2 is 2.13 bits per heavy atom. The van der Waals surface area contributed by atoms with E-state index >= 15 is 0 Å². The minimum absolute atomic E-state index is 0.569. The molecule has 2 aromatic rings. The fraction of sp³-hybridized carbons (Fsp3) is 0.111. The van der Waals surface area contributed by atoms with Gasteiger partial charge < -0.3 is 9.64 Å². The Kier molecular flexibility index (Phi) is 4.26. The van der Waals surface area contributed by atoms with Crippen LogP contribution in [0, 0.1) is 11.3 Å². The number of aromatic nitrogens is 1. The topological polar surface area (TPSA) is 49.1 Å². The molecular weight excluding hydrogens is 306 g/mol. The van der Waals surface area contributed by atoms with E-state index in [4.69, 9.17) is 4.74 Å². The number of likely N-dealkylation sites (N-methyl/N-ethyl adjacent to an activating group) is 1. The molecule has 0 N–H and O–H groups in total. The number of thiazole rings is 1. The molecule has 0 amide bonds. The second-order valence-corrected chi connectivity index (χ2v) is 5.78. The summed E-state index contributed by atoms with van der Waals surface area (Å²) in [6, 6.07) is 10.0. The van der Waals surface area contributed by atoms with Crippen molar-refractivity contribution in [2.75, 3.05) is 14.2 Å². The normalized spacial score (nSPS) is 15.4. The van der Waals surface area contributed by atoms with E-state index in [1.807, 2.05) is 66.0 Å². The van der Waals surface area contributed by atoms with Gasteiger partial charge in [0.05, 0.1) is 18.5 Å². The number of para-hydroxylation sites is 1. The van der Waals surface area contributed by atoms with Crippen molar-refractivity contribution < 1.29 is 4.74 Å². The summed E-state index contributed by atoms with van der Waals surface area (Å²) in [5, 5.41) is 12.2. The van der Waals surface area contributed by atoms with Crippen LogP contribution in [0.5, 0.6) is 5.75 Å². The number of methoxy groups -OCH3 is 1. The molecule has 0 radical (unpaired) electrons. The number of ether oxygens (including phenoxy) is 1. The summed E-state index contributed by atoms with van der Waals surface area (Å²) < 4.78 is 5.39. The molecule has 0 aliphatic carbocycles. The summed E-state index contributed by atoms with van der Waals surface area (Å²) in [6.45, 7) is 0. The van der Waals surface area contributed by atoms with Crippen LogP contribution in [0.2, 0.25) is 0 Å². The molecule has 0 saturated carbocycles. The molecule has 1 aromatic heterocycles. The van der Waals surface area contributed by atoms with Crippen LogP contribution in [0.4, 0.5) is 0 Å². The van der Waals surface area contributed by atoms with Gasteiger partial charge in [-0.15, -0.1) is 11.3 Å². The Morgan fingerprint density at radius 1 is 1.30 bits per heavy atom. The minimum Gasteiger partial charge on any atom is -0.496 e. The zero-order chi connectivity index (χ0) is 16.2. The zero-order valence-electron chi connectivity index (χ0n) is 12.9. The standard InChI is InChI=1S/C18H15N3OS/c1-21-10-6-5-8-16(21)14(11-19)18-20-15(12-23-18)13-7-3-4-9-17(13)22-2/h3-10,12H,1-2H3/b16-14-. The van der Waals surface area contributed by atoms with E-state index in [1.165, 1.54) is 11.3 Å². The predicted octanol–water partition coefficient (Wildman–Crippen LogP) is 4.07. The van der Waals surface area contributed by atoms with Gasteiger partial charge in [-0.2, -0.15) is 5.26 Å². The van der Waals surface area contributed by atoms with Crippen LogP contribution in [-0.4, -0.2) is 24.0 Å². The molecule has 0 unspecified atom stereocenters. The number of benzene rings is 1. The summed E-state index contributed by atoms with van der Waals surface area (Å²) in [4.78, 5) is 6.56. The Balaban J connectivity index is 2.05. The highest BCUT2D eigenvalue weighted by atomic mass is 32.1. The van der Waals surface area contributed by atoms with Crippen LogP contribution >= 0.6 is 11.3 Å². The molecule has 3 rings (SSSR count). The highest BCUT2D eigenvalue weighted by Crippen LogP contribution is 2.33. The first-order valence-corrected chi connectivity index (χ1v) is 7.94. The SMILES string of the molecule is COc1ccccc1-c1csc(/C(C#N)=C2/C=CC=CN2C)n1. The molecule has 0 atom stereocenters. The molecule has 114 valence electrons. The summed E-state index contributed by atoms with van der Waals surface area (Å²) in [7, 11) is 3.56. The lowest BCUT2D eigenvalue weighted by Gasteiger charge is -2.18. The van der Waals surface area contributed by atoms with Gasteiger partial charge in [-0.25, -0.2) is 4.98 Å². The summed E-state index contributed by atoms with van der Waals surface area (Å²) >= 11 is 1.46. The summed E-state index contributed by atoms with van der Waals surface area (Å²) in [5.41, 5.74) is 3.15. The monoisotopic (exact) mass is 321 g/mol. The first kappa shape index (κ1) is 15.1. The van der Waals surface area contributed by atoms with Crippen LogP contribution in [-0.2, 0) is 0 Å². The third-order valence-corrected chi connectivity index (χ3v) is 4.38. The van der Waals surface area contributed by atoms with E-state index in [9.17, 15) is 5.26 Å². The zero-order valence-corrected chi connectivity index (χ0v) is 13.7. The van der Waals surface area contributed by atoms with Crippen LogP contribution in [0.25, 0.3) is 16.8 Å². The van der Waals surface area contributed by atoms with Gasteiger partial charge >= 0.3 is 0 Å². The molecule has 0 bridgehead atoms. The average Bonchev–Trinajstić information content (AvgIpc) is 3.07. The van der Waals surface area contributed by atoms with Gasteiger partial charge in [0, 0.05) is 24.2 Å². The maximum Gasteiger partial charge on any atom is 0.136 e. The lowest BCUT2D eigenvalue weighted by molar-refractivity contribution is 0.416. The third kappa shape index (κ3) is 2.89. The second-order valence-electron chi connectivity index (χ2n) is 4.92. The molecule has 0 fully saturated rings. The van der Waals surface area contributed by atoms with E-state index in [2.05, 4.69) is 11.1 Å². The van der Waals surface area contributed by atoms with E-state index in [-0.39, 0.29) is 0 Å². The largest absolute Gasteiger partial charge is 0.496 e. The van der Waals surface area contributed by atoms with Crippen molar-refractivity contribution in [3.05, 3.63) is 64.8 Å². The molecule has 0 spiro atoms. The molecule has 4 nitrogen and oxygen atoms in total. The van der Waals surface area contributed by atoms with Gasteiger partial charge in [0.2, 0.25) is 0 Å². The Labute approximate surface area is 139 Å². The second kappa shape index (κ2) is 6.51. The smallest absolute Gasteiger partial charge is 0.136 e. The van der Waals surface area contributed by atoms with Gasteiger partial charge in [0.15, 0.2) is 0 Å². The van der Waals surface area contributed by atoms with Crippen molar-refractivity contribution in [3.63, 3.8) is 0 Å². The molecule has 1 aliphatic rings. The predicted molar refractivity (Wildman–Crippen MR) is 92.7 cm³/mol. The first-order valence-electron chi connectivity index (χ1n) is 7.06. The molecule has 5 heteroatoms. The molecule has 0 saturated heterocycles. The van der Waals surface area contributed by atoms with Crippen molar-refractivity contribution in [2.45, 2.75) is 0 Å². The number of nitriles is 1. The quantitative estimate of drug-likeness (QED) is 0.800. The molecule has 1 aliphatic heterocycles. The van der Waals surface area contributed by atoms with E-state index < -0.39 is 0 Å². The van der Waals surface area contributed by atoms with Gasteiger partial charge in [0.1, 0.15) is 22.4 Å². The van der Waals surface area contributed by atoms with E-state index in [0.717, 1.165) is 22.7 Å². The molecule has 1 aromatic carbocycles.